The Morgan fingerprint density at radius 1 is 1.06 bits per heavy atom. The topological polar surface area (TPSA) is 75.1 Å². The first-order chi connectivity index (χ1) is 15.5. The van der Waals surface area contributed by atoms with Gasteiger partial charge in [-0.15, -0.1) is 11.3 Å². The fourth-order valence-corrected chi connectivity index (χ4v) is 4.60. The lowest BCUT2D eigenvalue weighted by atomic mass is 10.1. The average molecular weight is 465 g/mol. The van der Waals surface area contributed by atoms with E-state index in [2.05, 4.69) is 31.8 Å². The van der Waals surface area contributed by atoms with Gasteiger partial charge in [0.25, 0.3) is 0 Å². The zero-order valence-electron chi connectivity index (χ0n) is 17.5. The SMILES string of the molecule is CN1CCN(c2cc(C(=O)Cc3cc4nc(-c5ncc(Cl)s5)ccc4cn3)ccn2)CC1. The second-order valence-corrected chi connectivity index (χ2v) is 9.49. The zero-order valence-corrected chi connectivity index (χ0v) is 19.1. The highest BCUT2D eigenvalue weighted by molar-refractivity contribution is 7.18. The number of carbonyl (C=O) groups is 1. The van der Waals surface area contributed by atoms with Crippen LogP contribution in [0.4, 0.5) is 5.82 Å². The van der Waals surface area contributed by atoms with Gasteiger partial charge >= 0.3 is 0 Å². The van der Waals surface area contributed by atoms with Crippen molar-refractivity contribution in [2.24, 2.45) is 0 Å². The number of nitrogens with zero attached hydrogens (tertiary/aromatic N) is 6. The van der Waals surface area contributed by atoms with Crippen LogP contribution in [0.5, 0.6) is 0 Å². The lowest BCUT2D eigenvalue weighted by Crippen LogP contribution is -2.44. The molecular weight excluding hydrogens is 444 g/mol. The van der Waals surface area contributed by atoms with Gasteiger partial charge in [-0.1, -0.05) is 11.6 Å². The predicted molar refractivity (Wildman–Crippen MR) is 128 cm³/mol. The molecule has 0 radical (unpaired) electrons. The molecule has 7 nitrogen and oxygen atoms in total. The molecule has 0 atom stereocenters. The van der Waals surface area contributed by atoms with Crippen molar-refractivity contribution in [1.82, 2.24) is 24.8 Å². The molecule has 5 heterocycles. The number of rotatable bonds is 5. The summed E-state index contributed by atoms with van der Waals surface area (Å²) in [6.07, 6.45) is 5.29. The predicted octanol–water partition coefficient (Wildman–Crippen LogP) is 3.98. The Morgan fingerprint density at radius 2 is 1.91 bits per heavy atom. The molecule has 4 aromatic heterocycles. The molecule has 9 heteroatoms. The van der Waals surface area contributed by atoms with Crippen LogP contribution in [0.15, 0.2) is 48.9 Å². The highest BCUT2D eigenvalue weighted by Gasteiger charge is 2.17. The molecule has 0 aromatic carbocycles. The van der Waals surface area contributed by atoms with Crippen LogP contribution in [0.25, 0.3) is 21.6 Å². The van der Waals surface area contributed by atoms with E-state index in [0.29, 0.717) is 15.6 Å². The Morgan fingerprint density at radius 3 is 2.69 bits per heavy atom. The van der Waals surface area contributed by atoms with Crippen LogP contribution in [-0.4, -0.2) is 63.8 Å². The maximum absolute atomic E-state index is 13.0. The second kappa shape index (κ2) is 8.90. The van der Waals surface area contributed by atoms with E-state index in [0.717, 1.165) is 53.6 Å². The number of fused-ring (bicyclic) bond motifs is 1. The van der Waals surface area contributed by atoms with Crippen LogP contribution in [-0.2, 0) is 6.42 Å². The Balaban J connectivity index is 1.36. The third-order valence-electron chi connectivity index (χ3n) is 5.56. The van der Waals surface area contributed by atoms with Crippen molar-refractivity contribution >= 4 is 45.4 Å². The molecular formula is C23H21ClN6OS. The zero-order chi connectivity index (χ0) is 22.1. The highest BCUT2D eigenvalue weighted by Crippen LogP contribution is 2.28. The Bertz CT molecular complexity index is 1280. The monoisotopic (exact) mass is 464 g/mol. The number of Topliss-reactive ketones (excluding diaryl/α,β-unsaturated/α-hetero) is 1. The van der Waals surface area contributed by atoms with Crippen LogP contribution in [0.1, 0.15) is 16.1 Å². The first-order valence-corrected chi connectivity index (χ1v) is 11.5. The van der Waals surface area contributed by atoms with Gasteiger partial charge in [0.1, 0.15) is 15.2 Å². The molecule has 5 rings (SSSR count). The third kappa shape index (κ3) is 4.48. The van der Waals surface area contributed by atoms with E-state index in [4.69, 9.17) is 16.6 Å². The number of anilines is 1. The number of aromatic nitrogens is 4. The largest absolute Gasteiger partial charge is 0.354 e. The molecule has 0 unspecified atom stereocenters. The van der Waals surface area contributed by atoms with E-state index in [1.807, 2.05) is 24.3 Å². The Kier molecular flexibility index (Phi) is 5.82. The number of ketones is 1. The summed E-state index contributed by atoms with van der Waals surface area (Å²) in [5, 5.41) is 1.67. The standard InChI is InChI=1S/C23H21ClN6OS/c1-29-6-8-30(9-7-29)22-10-15(4-5-25-22)20(31)12-17-11-19-16(13-26-17)2-3-18(28-19)23-27-14-21(24)32-23/h2-5,10-11,13-14H,6-9,12H2,1H3. The molecule has 4 aromatic rings. The first-order valence-electron chi connectivity index (χ1n) is 10.4. The summed E-state index contributed by atoms with van der Waals surface area (Å²) in [6.45, 7) is 3.80. The van der Waals surface area contributed by atoms with Crippen molar-refractivity contribution < 1.29 is 4.79 Å². The summed E-state index contributed by atoms with van der Waals surface area (Å²) in [5.41, 5.74) is 2.86. The molecule has 162 valence electrons. The molecule has 1 aliphatic rings. The maximum atomic E-state index is 13.0. The van der Waals surface area contributed by atoms with Gasteiger partial charge < -0.3 is 9.80 Å². The summed E-state index contributed by atoms with van der Waals surface area (Å²) >= 11 is 7.39. The summed E-state index contributed by atoms with van der Waals surface area (Å²) in [6, 6.07) is 9.38. The fourth-order valence-electron chi connectivity index (χ4n) is 3.71. The van der Waals surface area contributed by atoms with Gasteiger partial charge in [0.15, 0.2) is 5.78 Å². The normalized spacial score (nSPS) is 14.8. The number of halogens is 1. The van der Waals surface area contributed by atoms with E-state index in [-0.39, 0.29) is 12.2 Å². The number of hydrogen-bond acceptors (Lipinski definition) is 8. The van der Waals surface area contributed by atoms with E-state index >= 15 is 0 Å². The third-order valence-corrected chi connectivity index (χ3v) is 6.70. The first kappa shape index (κ1) is 20.9. The van der Waals surface area contributed by atoms with E-state index < -0.39 is 0 Å². The molecule has 0 saturated carbocycles. The molecule has 0 aliphatic carbocycles. The number of hydrogen-bond donors (Lipinski definition) is 0. The van der Waals surface area contributed by atoms with E-state index in [1.54, 1.807) is 24.7 Å². The molecule has 32 heavy (non-hydrogen) atoms. The second-order valence-electron chi connectivity index (χ2n) is 7.83. The van der Waals surface area contributed by atoms with Crippen molar-refractivity contribution in [1.29, 1.82) is 0 Å². The van der Waals surface area contributed by atoms with Gasteiger partial charge in [0, 0.05) is 49.5 Å². The van der Waals surface area contributed by atoms with Crippen molar-refractivity contribution in [3.63, 3.8) is 0 Å². The van der Waals surface area contributed by atoms with Crippen LogP contribution < -0.4 is 4.90 Å². The quantitative estimate of drug-likeness (QED) is 0.413. The van der Waals surface area contributed by atoms with Crippen molar-refractivity contribution in [3.05, 3.63) is 64.5 Å². The molecule has 1 aliphatic heterocycles. The Labute approximate surface area is 194 Å². The van der Waals surface area contributed by atoms with E-state index in [9.17, 15) is 4.79 Å². The maximum Gasteiger partial charge on any atom is 0.169 e. The Hall–Kier alpha value is -2.94. The van der Waals surface area contributed by atoms with Crippen molar-refractivity contribution in [2.75, 3.05) is 38.1 Å². The molecule has 0 bridgehead atoms. The summed E-state index contributed by atoms with van der Waals surface area (Å²) in [7, 11) is 2.12. The lowest BCUT2D eigenvalue weighted by Gasteiger charge is -2.33. The number of likely N-dealkylation sites (N-methyl/N-ethyl adjacent to an activating group) is 1. The molecule has 0 N–H and O–H groups in total. The molecule has 0 spiro atoms. The lowest BCUT2D eigenvalue weighted by molar-refractivity contribution is 0.0992. The van der Waals surface area contributed by atoms with Gasteiger partial charge in [-0.25, -0.2) is 15.0 Å². The van der Waals surface area contributed by atoms with Crippen LogP contribution in [0.2, 0.25) is 4.34 Å². The summed E-state index contributed by atoms with van der Waals surface area (Å²) in [4.78, 5) is 35.4. The molecule has 1 fully saturated rings. The van der Waals surface area contributed by atoms with Gasteiger partial charge in [-0.2, -0.15) is 0 Å². The van der Waals surface area contributed by atoms with Gasteiger partial charge in [0.05, 0.1) is 29.5 Å². The average Bonchev–Trinajstić information content (AvgIpc) is 3.25. The minimum Gasteiger partial charge on any atom is -0.354 e. The van der Waals surface area contributed by atoms with Crippen molar-refractivity contribution in [2.45, 2.75) is 6.42 Å². The van der Waals surface area contributed by atoms with Crippen LogP contribution in [0, 0.1) is 0 Å². The molecule has 1 saturated heterocycles. The van der Waals surface area contributed by atoms with Gasteiger partial charge in [-0.3, -0.25) is 9.78 Å². The fraction of sp³-hybridized carbons (Fsp3) is 0.261. The number of pyridine rings is 3. The highest BCUT2D eigenvalue weighted by atomic mass is 35.5. The molecule has 0 amide bonds. The van der Waals surface area contributed by atoms with Crippen LogP contribution >= 0.6 is 22.9 Å². The summed E-state index contributed by atoms with van der Waals surface area (Å²) in [5.74, 6) is 0.862. The van der Waals surface area contributed by atoms with E-state index in [1.165, 1.54) is 11.3 Å². The smallest absolute Gasteiger partial charge is 0.169 e. The van der Waals surface area contributed by atoms with Gasteiger partial charge in [-0.05, 0) is 37.4 Å². The van der Waals surface area contributed by atoms with Gasteiger partial charge in [0.2, 0.25) is 0 Å². The number of carbonyl (C=O) groups excluding carboxylic acids is 1. The van der Waals surface area contributed by atoms with Crippen molar-refractivity contribution in [3.8, 4) is 10.7 Å². The number of piperazine rings is 1. The van der Waals surface area contributed by atoms with Crippen LogP contribution in [0.3, 0.4) is 0 Å². The minimum absolute atomic E-state index is 0.0116. The number of thiazole rings is 1. The minimum atomic E-state index is 0.0116. The summed E-state index contributed by atoms with van der Waals surface area (Å²) < 4.78 is 0.621.